The van der Waals surface area contributed by atoms with Gasteiger partial charge < -0.3 is 20.9 Å². The first-order valence-corrected chi connectivity index (χ1v) is 9.45. The molecule has 6 heteroatoms. The highest BCUT2D eigenvalue weighted by Crippen LogP contribution is 2.26. The lowest BCUT2D eigenvalue weighted by Gasteiger charge is -2.18. The summed E-state index contributed by atoms with van der Waals surface area (Å²) in [5.74, 6) is 0.148. The molecule has 0 saturated heterocycles. The number of aliphatic imine (C=N–C) groups is 1. The van der Waals surface area contributed by atoms with Crippen LogP contribution in [0.25, 0.3) is 6.08 Å². The summed E-state index contributed by atoms with van der Waals surface area (Å²) >= 11 is 0. The van der Waals surface area contributed by atoms with Gasteiger partial charge in [-0.3, -0.25) is 4.99 Å². The average molecular weight is 387 g/mol. The molecule has 0 aromatic heterocycles. The summed E-state index contributed by atoms with van der Waals surface area (Å²) in [4.78, 5) is 6.40. The van der Waals surface area contributed by atoms with Gasteiger partial charge in [-0.25, -0.2) is 0 Å². The Balaban J connectivity index is 3.07. The van der Waals surface area contributed by atoms with Crippen LogP contribution < -0.4 is 10.6 Å². The molecular formula is C22H34N4O2. The highest BCUT2D eigenvalue weighted by atomic mass is 16.4. The van der Waals surface area contributed by atoms with Crippen LogP contribution in [0.1, 0.15) is 45.2 Å². The molecule has 0 amide bonds. The van der Waals surface area contributed by atoms with Crippen LogP contribution in [0.2, 0.25) is 0 Å². The van der Waals surface area contributed by atoms with Crippen LogP contribution in [0.4, 0.5) is 11.4 Å². The summed E-state index contributed by atoms with van der Waals surface area (Å²) in [6.07, 6.45) is 9.86. The van der Waals surface area contributed by atoms with Crippen molar-refractivity contribution in [3.05, 3.63) is 41.5 Å². The number of anilines is 2. The fraction of sp³-hybridized carbons (Fsp3) is 0.455. The fourth-order valence-electron chi connectivity index (χ4n) is 2.43. The number of nitrogen functional groups attached to an aromatic ring is 1. The van der Waals surface area contributed by atoms with Crippen LogP contribution in [0.3, 0.4) is 0 Å². The normalized spacial score (nSPS) is 13.5. The number of allylic oxidation sites excluding steroid dienone is 3. The van der Waals surface area contributed by atoms with Gasteiger partial charge in [-0.2, -0.15) is 0 Å². The van der Waals surface area contributed by atoms with E-state index in [4.69, 9.17) is 10.9 Å². The molecule has 1 aromatic carbocycles. The Kier molecular flexibility index (Phi) is 8.92. The molecule has 1 aromatic rings. The Labute approximate surface area is 168 Å². The van der Waals surface area contributed by atoms with E-state index in [0.717, 1.165) is 16.8 Å². The molecule has 0 radical (unpaired) electrons. The predicted octanol–water partition coefficient (Wildman–Crippen LogP) is 3.97. The maximum absolute atomic E-state index is 9.78. The Morgan fingerprint density at radius 3 is 2.43 bits per heavy atom. The van der Waals surface area contributed by atoms with Crippen molar-refractivity contribution in [1.82, 2.24) is 0 Å². The number of hydrogen-bond acceptors (Lipinski definition) is 6. The molecule has 0 aliphatic carbocycles. The van der Waals surface area contributed by atoms with Gasteiger partial charge in [-0.05, 0) is 50.0 Å². The molecule has 0 saturated carbocycles. The van der Waals surface area contributed by atoms with Crippen LogP contribution in [-0.2, 0) is 0 Å². The quantitative estimate of drug-likeness (QED) is 0.197. The minimum atomic E-state index is -0.732. The SMILES string of the molecule is CC(C)C(/C=C\C=C\c1cc(C=NCCC(C)(C)O)c(N)cc1N(C)C)=N\O. The zero-order valence-electron chi connectivity index (χ0n) is 17.8. The minimum Gasteiger partial charge on any atom is -0.411 e. The molecule has 0 aliphatic heterocycles. The Hall–Kier alpha value is -2.60. The smallest absolute Gasteiger partial charge is 0.0821 e. The Morgan fingerprint density at radius 1 is 1.21 bits per heavy atom. The molecule has 4 N–H and O–H groups in total. The minimum absolute atomic E-state index is 0.148. The van der Waals surface area contributed by atoms with Gasteiger partial charge in [0, 0.05) is 43.8 Å². The second kappa shape index (κ2) is 10.7. The largest absolute Gasteiger partial charge is 0.411 e. The van der Waals surface area contributed by atoms with Crippen molar-refractivity contribution in [3.63, 3.8) is 0 Å². The number of nitrogens with zero attached hydrogens (tertiary/aromatic N) is 3. The predicted molar refractivity (Wildman–Crippen MR) is 121 cm³/mol. The first-order valence-electron chi connectivity index (χ1n) is 9.45. The molecule has 0 aliphatic rings. The second-order valence-corrected chi connectivity index (χ2v) is 7.93. The van der Waals surface area contributed by atoms with Gasteiger partial charge in [-0.1, -0.05) is 37.2 Å². The van der Waals surface area contributed by atoms with Crippen molar-refractivity contribution >= 4 is 29.4 Å². The van der Waals surface area contributed by atoms with E-state index in [1.165, 1.54) is 0 Å². The van der Waals surface area contributed by atoms with Crippen molar-refractivity contribution in [2.45, 2.75) is 39.7 Å². The molecule has 0 spiro atoms. The van der Waals surface area contributed by atoms with Crippen LogP contribution in [0.5, 0.6) is 0 Å². The lowest BCUT2D eigenvalue weighted by Crippen LogP contribution is -2.19. The lowest BCUT2D eigenvalue weighted by molar-refractivity contribution is 0.0739. The third kappa shape index (κ3) is 7.96. The van der Waals surface area contributed by atoms with Crippen LogP contribution in [0, 0.1) is 5.92 Å². The molecule has 0 atom stereocenters. The highest BCUT2D eigenvalue weighted by molar-refractivity contribution is 5.96. The van der Waals surface area contributed by atoms with Crippen molar-refractivity contribution in [3.8, 4) is 0 Å². The molecule has 0 heterocycles. The molecule has 154 valence electrons. The molecule has 0 bridgehead atoms. The van der Waals surface area contributed by atoms with E-state index >= 15 is 0 Å². The lowest BCUT2D eigenvalue weighted by atomic mass is 10.0. The number of benzene rings is 1. The van der Waals surface area contributed by atoms with Gasteiger partial charge in [0.25, 0.3) is 0 Å². The van der Waals surface area contributed by atoms with Gasteiger partial charge in [0.15, 0.2) is 0 Å². The number of oxime groups is 1. The first kappa shape index (κ1) is 23.4. The monoisotopic (exact) mass is 386 g/mol. The Morgan fingerprint density at radius 2 is 1.89 bits per heavy atom. The van der Waals surface area contributed by atoms with E-state index in [0.29, 0.717) is 24.4 Å². The maximum Gasteiger partial charge on any atom is 0.0821 e. The second-order valence-electron chi connectivity index (χ2n) is 7.93. The number of hydrogen-bond donors (Lipinski definition) is 3. The molecule has 28 heavy (non-hydrogen) atoms. The standard InChI is InChI=1S/C22H34N4O2/c1-16(2)20(25-28)10-8-7-9-17-13-18(15-24-12-11-22(3,4)27)19(23)14-21(17)26(5)6/h7-10,13-16,27-28H,11-12,23H2,1-6H3/b9-7+,10-8-,24-15?,25-20-. The number of rotatable bonds is 9. The van der Waals surface area contributed by atoms with Crippen LogP contribution in [-0.4, -0.2) is 48.5 Å². The zero-order valence-corrected chi connectivity index (χ0v) is 17.8. The van der Waals surface area contributed by atoms with E-state index in [2.05, 4.69) is 10.1 Å². The first-order chi connectivity index (χ1) is 13.0. The van der Waals surface area contributed by atoms with Crippen molar-refractivity contribution in [2.24, 2.45) is 16.1 Å². The molecule has 0 fully saturated rings. The van der Waals surface area contributed by atoms with Crippen molar-refractivity contribution in [1.29, 1.82) is 0 Å². The van der Waals surface area contributed by atoms with E-state index in [9.17, 15) is 5.11 Å². The zero-order chi connectivity index (χ0) is 21.3. The van der Waals surface area contributed by atoms with Crippen molar-refractivity contribution < 1.29 is 10.3 Å². The maximum atomic E-state index is 9.78. The molecule has 1 rings (SSSR count). The van der Waals surface area contributed by atoms with Gasteiger partial charge in [0.2, 0.25) is 0 Å². The van der Waals surface area contributed by atoms with E-state index < -0.39 is 5.60 Å². The summed E-state index contributed by atoms with van der Waals surface area (Å²) in [6.45, 7) is 8.01. The topological polar surface area (TPSA) is 94.4 Å². The summed E-state index contributed by atoms with van der Waals surface area (Å²) < 4.78 is 0. The highest BCUT2D eigenvalue weighted by Gasteiger charge is 2.11. The van der Waals surface area contributed by atoms with Gasteiger partial charge >= 0.3 is 0 Å². The van der Waals surface area contributed by atoms with E-state index in [1.54, 1.807) is 26.1 Å². The van der Waals surface area contributed by atoms with Gasteiger partial charge in [0.05, 0.1) is 11.3 Å². The fourth-order valence-corrected chi connectivity index (χ4v) is 2.43. The molecule has 0 unspecified atom stereocenters. The number of aliphatic hydroxyl groups is 1. The summed E-state index contributed by atoms with van der Waals surface area (Å²) in [5, 5.41) is 22.1. The summed E-state index contributed by atoms with van der Waals surface area (Å²) in [5.41, 5.74) is 9.57. The van der Waals surface area contributed by atoms with Gasteiger partial charge in [-0.15, -0.1) is 0 Å². The van der Waals surface area contributed by atoms with E-state index in [-0.39, 0.29) is 5.92 Å². The molecular weight excluding hydrogens is 352 g/mol. The Bertz CT molecular complexity index is 755. The average Bonchev–Trinajstić information content (AvgIpc) is 2.59. The summed E-state index contributed by atoms with van der Waals surface area (Å²) in [7, 11) is 3.93. The third-order valence-electron chi connectivity index (χ3n) is 4.16. The van der Waals surface area contributed by atoms with Crippen LogP contribution in [0.15, 0.2) is 40.5 Å². The van der Waals surface area contributed by atoms with E-state index in [1.807, 2.05) is 63.2 Å². The third-order valence-corrected chi connectivity index (χ3v) is 4.16. The summed E-state index contributed by atoms with van der Waals surface area (Å²) in [6, 6.07) is 3.92. The van der Waals surface area contributed by atoms with Gasteiger partial charge in [0.1, 0.15) is 0 Å². The van der Waals surface area contributed by atoms with Crippen LogP contribution >= 0.6 is 0 Å². The number of nitrogens with two attached hydrogens (primary N) is 1. The van der Waals surface area contributed by atoms with Crippen molar-refractivity contribution in [2.75, 3.05) is 31.3 Å². The molecule has 6 nitrogen and oxygen atoms in total.